The van der Waals surface area contributed by atoms with Crippen LogP contribution in [-0.2, 0) is 0 Å². The lowest BCUT2D eigenvalue weighted by atomic mass is 10.2. The van der Waals surface area contributed by atoms with Crippen LogP contribution in [-0.4, -0.2) is 23.1 Å². The molecule has 6 nitrogen and oxygen atoms in total. The molecule has 0 saturated carbocycles. The third kappa shape index (κ3) is 4.87. The van der Waals surface area contributed by atoms with E-state index < -0.39 is 5.91 Å². The number of methoxy groups -OCH3 is 1. The highest BCUT2D eigenvalue weighted by atomic mass is 79.9. The smallest absolute Gasteiger partial charge is 0.258 e. The number of carbonyl (C=O) groups excluding carboxylic acids is 1. The molecule has 2 N–H and O–H groups in total. The number of nitrogens with one attached hydrogen (secondary N) is 2. The van der Waals surface area contributed by atoms with Crippen LogP contribution in [0.5, 0.6) is 5.75 Å². The zero-order valence-corrected chi connectivity index (χ0v) is 19.3. The molecule has 9 heteroatoms. The van der Waals surface area contributed by atoms with Gasteiger partial charge < -0.3 is 14.5 Å². The van der Waals surface area contributed by atoms with Crippen molar-refractivity contribution in [3.05, 3.63) is 75.7 Å². The first-order valence-electron chi connectivity index (χ1n) is 9.05. The van der Waals surface area contributed by atoms with Gasteiger partial charge in [-0.05, 0) is 66.8 Å². The summed E-state index contributed by atoms with van der Waals surface area (Å²) in [6, 6.07) is 17.8. The van der Waals surface area contributed by atoms with Crippen LogP contribution in [0.25, 0.3) is 22.6 Å². The minimum atomic E-state index is -0.401. The zero-order chi connectivity index (χ0) is 22.0. The van der Waals surface area contributed by atoms with Crippen LogP contribution >= 0.6 is 39.7 Å². The highest BCUT2D eigenvalue weighted by Crippen LogP contribution is 2.27. The number of amides is 1. The molecule has 0 spiro atoms. The molecule has 1 heterocycles. The van der Waals surface area contributed by atoms with Gasteiger partial charge in [-0.15, -0.1) is 0 Å². The molecule has 156 valence electrons. The van der Waals surface area contributed by atoms with E-state index >= 15 is 0 Å². The number of hydrogen-bond donors (Lipinski definition) is 2. The topological polar surface area (TPSA) is 76.4 Å². The summed E-state index contributed by atoms with van der Waals surface area (Å²) >= 11 is 14.7. The number of ether oxygens (including phenoxy) is 1. The molecule has 0 aliphatic rings. The van der Waals surface area contributed by atoms with E-state index in [2.05, 4.69) is 31.5 Å². The highest BCUT2D eigenvalue weighted by molar-refractivity contribution is 9.10. The fourth-order valence-corrected chi connectivity index (χ4v) is 3.63. The molecule has 4 rings (SSSR count). The second-order valence-electron chi connectivity index (χ2n) is 6.46. The summed E-state index contributed by atoms with van der Waals surface area (Å²) in [4.78, 5) is 16.9. The number of hydrogen-bond acceptors (Lipinski definition) is 5. The third-order valence-corrected chi connectivity index (χ3v) is 5.41. The van der Waals surface area contributed by atoms with Crippen LogP contribution in [0, 0.1) is 0 Å². The van der Waals surface area contributed by atoms with E-state index in [1.807, 2.05) is 42.5 Å². The van der Waals surface area contributed by atoms with Crippen molar-refractivity contribution in [3.63, 3.8) is 0 Å². The summed E-state index contributed by atoms with van der Waals surface area (Å²) in [6.45, 7) is 0. The van der Waals surface area contributed by atoms with Crippen molar-refractivity contribution in [2.75, 3.05) is 12.4 Å². The number of nitrogens with zero attached hydrogens (tertiary/aromatic N) is 1. The van der Waals surface area contributed by atoms with Crippen molar-refractivity contribution in [1.29, 1.82) is 0 Å². The van der Waals surface area contributed by atoms with Crippen molar-refractivity contribution < 1.29 is 13.9 Å². The third-order valence-electron chi connectivity index (χ3n) is 4.38. The van der Waals surface area contributed by atoms with Crippen molar-refractivity contribution in [2.24, 2.45) is 0 Å². The SMILES string of the molecule is COc1ccc2oc(-c3ccc(NC(=S)NC(=O)c4cc(Br)ccc4Cl)cc3)nc2c1. The normalized spacial score (nSPS) is 10.7. The maximum Gasteiger partial charge on any atom is 0.258 e. The van der Waals surface area contributed by atoms with Gasteiger partial charge >= 0.3 is 0 Å². The Hall–Kier alpha value is -2.94. The predicted molar refractivity (Wildman–Crippen MR) is 129 cm³/mol. The van der Waals surface area contributed by atoms with Gasteiger partial charge in [-0.25, -0.2) is 4.98 Å². The van der Waals surface area contributed by atoms with E-state index in [0.717, 1.165) is 10.0 Å². The Morgan fingerprint density at radius 2 is 1.90 bits per heavy atom. The second-order valence-corrected chi connectivity index (χ2v) is 8.19. The highest BCUT2D eigenvalue weighted by Gasteiger charge is 2.13. The number of carbonyl (C=O) groups is 1. The maximum atomic E-state index is 12.4. The van der Waals surface area contributed by atoms with Crippen LogP contribution in [0.2, 0.25) is 5.02 Å². The van der Waals surface area contributed by atoms with E-state index in [1.165, 1.54) is 0 Å². The molecule has 1 amide bonds. The molecule has 1 aromatic heterocycles. The number of oxazole rings is 1. The molecule has 0 fully saturated rings. The van der Waals surface area contributed by atoms with Gasteiger partial charge in [0.25, 0.3) is 5.91 Å². The fourth-order valence-electron chi connectivity index (χ4n) is 2.86. The fraction of sp³-hybridized carbons (Fsp3) is 0.0455. The Balaban J connectivity index is 1.44. The Kier molecular flexibility index (Phi) is 6.22. The van der Waals surface area contributed by atoms with Crippen molar-refractivity contribution >= 4 is 67.6 Å². The molecule has 0 unspecified atom stereocenters. The first kappa shape index (κ1) is 21.3. The van der Waals surface area contributed by atoms with E-state index in [1.54, 1.807) is 25.3 Å². The predicted octanol–water partition coefficient (Wildman–Crippen LogP) is 6.05. The van der Waals surface area contributed by atoms with Gasteiger partial charge in [0.1, 0.15) is 11.3 Å². The van der Waals surface area contributed by atoms with E-state index in [9.17, 15) is 4.79 Å². The van der Waals surface area contributed by atoms with Crippen LogP contribution in [0.1, 0.15) is 10.4 Å². The molecular formula is C22H15BrClN3O3S. The Bertz CT molecular complexity index is 1290. The summed E-state index contributed by atoms with van der Waals surface area (Å²) < 4.78 is 11.8. The van der Waals surface area contributed by atoms with Gasteiger partial charge in [0, 0.05) is 21.8 Å². The molecule has 0 aliphatic carbocycles. The van der Waals surface area contributed by atoms with Gasteiger partial charge in [-0.2, -0.15) is 0 Å². The van der Waals surface area contributed by atoms with Crippen molar-refractivity contribution in [3.8, 4) is 17.2 Å². The van der Waals surface area contributed by atoms with Crippen LogP contribution in [0.4, 0.5) is 5.69 Å². The molecule has 0 radical (unpaired) electrons. The van der Waals surface area contributed by atoms with Gasteiger partial charge in [0.05, 0.1) is 17.7 Å². The van der Waals surface area contributed by atoms with Crippen LogP contribution in [0.15, 0.2) is 69.6 Å². The largest absolute Gasteiger partial charge is 0.497 e. The number of benzene rings is 3. The summed E-state index contributed by atoms with van der Waals surface area (Å²) in [6.07, 6.45) is 0. The van der Waals surface area contributed by atoms with E-state index in [0.29, 0.717) is 39.0 Å². The molecule has 4 aromatic rings. The lowest BCUT2D eigenvalue weighted by Gasteiger charge is -2.11. The zero-order valence-electron chi connectivity index (χ0n) is 16.1. The van der Waals surface area contributed by atoms with Gasteiger partial charge in [-0.1, -0.05) is 27.5 Å². The van der Waals surface area contributed by atoms with E-state index in [-0.39, 0.29) is 5.11 Å². The average molecular weight is 517 g/mol. The second kappa shape index (κ2) is 9.05. The summed E-state index contributed by atoms with van der Waals surface area (Å²) in [5, 5.41) is 6.09. The molecular weight excluding hydrogens is 502 g/mol. The molecule has 0 atom stereocenters. The molecule has 3 aromatic carbocycles. The summed E-state index contributed by atoms with van der Waals surface area (Å²) in [7, 11) is 1.61. The van der Waals surface area contributed by atoms with Crippen molar-refractivity contribution in [2.45, 2.75) is 0 Å². The minimum absolute atomic E-state index is 0.155. The van der Waals surface area contributed by atoms with Crippen LogP contribution in [0.3, 0.4) is 0 Å². The Morgan fingerprint density at radius 3 is 2.65 bits per heavy atom. The molecule has 0 saturated heterocycles. The first-order chi connectivity index (χ1) is 14.9. The monoisotopic (exact) mass is 515 g/mol. The number of aromatic nitrogens is 1. The lowest BCUT2D eigenvalue weighted by Crippen LogP contribution is -2.34. The maximum absolute atomic E-state index is 12.4. The summed E-state index contributed by atoms with van der Waals surface area (Å²) in [5.74, 6) is 0.809. The molecule has 0 aliphatic heterocycles. The minimum Gasteiger partial charge on any atom is -0.497 e. The number of fused-ring (bicyclic) bond motifs is 1. The van der Waals surface area contributed by atoms with Gasteiger partial charge in [-0.3, -0.25) is 10.1 Å². The number of rotatable bonds is 4. The summed E-state index contributed by atoms with van der Waals surface area (Å²) in [5.41, 5.74) is 3.21. The number of anilines is 1. The van der Waals surface area contributed by atoms with Gasteiger partial charge in [0.2, 0.25) is 5.89 Å². The standard InChI is InChI=1S/C22H15BrClN3O3S/c1-29-15-7-9-19-18(11-15)26-21(30-19)12-2-5-14(6-3-12)25-22(31)27-20(28)16-10-13(23)4-8-17(16)24/h2-11H,1H3,(H2,25,27,28,31). The van der Waals surface area contributed by atoms with Crippen LogP contribution < -0.4 is 15.4 Å². The van der Waals surface area contributed by atoms with Gasteiger partial charge in [0.15, 0.2) is 10.7 Å². The first-order valence-corrected chi connectivity index (χ1v) is 10.6. The van der Waals surface area contributed by atoms with E-state index in [4.69, 9.17) is 33.0 Å². The Labute approximate surface area is 196 Å². The number of halogens is 2. The number of thiocarbonyl (C=S) groups is 1. The van der Waals surface area contributed by atoms with Crippen molar-refractivity contribution in [1.82, 2.24) is 10.3 Å². The lowest BCUT2D eigenvalue weighted by molar-refractivity contribution is 0.0978. The molecule has 31 heavy (non-hydrogen) atoms. The quantitative estimate of drug-likeness (QED) is 0.322. The molecule has 0 bridgehead atoms. The Morgan fingerprint density at radius 1 is 1.13 bits per heavy atom. The average Bonchev–Trinajstić information content (AvgIpc) is 3.19.